The summed E-state index contributed by atoms with van der Waals surface area (Å²) in [7, 11) is -1.68. The van der Waals surface area contributed by atoms with E-state index in [2.05, 4.69) is 30.7 Å². The van der Waals surface area contributed by atoms with Gasteiger partial charge in [0.05, 0.1) is 40.2 Å². The predicted octanol–water partition coefficient (Wildman–Crippen LogP) is 4.19. The Morgan fingerprint density at radius 1 is 0.956 bits per heavy atom. The first-order chi connectivity index (χ1) is 21.2. The maximum atomic E-state index is 12.6. The van der Waals surface area contributed by atoms with Crippen molar-refractivity contribution in [2.45, 2.75) is 88.7 Å². The Hall–Kier alpha value is -3.88. The van der Waals surface area contributed by atoms with Gasteiger partial charge in [-0.3, -0.25) is 4.68 Å². The van der Waals surface area contributed by atoms with Gasteiger partial charge in [0, 0.05) is 42.8 Å². The molecule has 2 fully saturated rings. The third-order valence-corrected chi connectivity index (χ3v) is 10.7. The first-order valence-corrected chi connectivity index (χ1v) is 16.8. The number of nitrogens with one attached hydrogen (secondary N) is 2. The number of nitrogens with zero attached hydrogens (tertiary/aromatic N) is 7. The number of aromatic nitrogens is 7. The van der Waals surface area contributed by atoms with E-state index in [1.165, 1.54) is 12.4 Å². The van der Waals surface area contributed by atoms with E-state index in [0.717, 1.165) is 41.0 Å². The van der Waals surface area contributed by atoms with Crippen LogP contribution in [0.2, 0.25) is 0 Å². The van der Waals surface area contributed by atoms with Gasteiger partial charge in [0.25, 0.3) is 10.0 Å². The van der Waals surface area contributed by atoms with Gasteiger partial charge >= 0.3 is 0 Å². The molecule has 0 spiro atoms. The van der Waals surface area contributed by atoms with Crippen molar-refractivity contribution in [1.82, 2.24) is 33.9 Å². The summed E-state index contributed by atoms with van der Waals surface area (Å²) in [5.74, 6) is 1.62. The zero-order valence-electron chi connectivity index (χ0n) is 26.3. The van der Waals surface area contributed by atoms with Crippen LogP contribution in [0.25, 0.3) is 22.6 Å². The lowest BCUT2D eigenvalue weighted by atomic mass is 9.77. The Balaban J connectivity index is 1.27. The van der Waals surface area contributed by atoms with E-state index in [1.807, 2.05) is 33.0 Å². The fraction of sp³-hybridized carbons (Fsp3) is 0.516. The molecule has 2 aliphatic rings. The summed E-state index contributed by atoms with van der Waals surface area (Å²) in [4.78, 5) is 13.6. The molecule has 4 aromatic heterocycles. The highest BCUT2D eigenvalue weighted by Gasteiger charge is 2.38. The predicted molar refractivity (Wildman–Crippen MR) is 171 cm³/mol. The lowest BCUT2D eigenvalue weighted by molar-refractivity contribution is -0.000395. The molecule has 0 radical (unpaired) electrons. The topological polar surface area (TPSA) is 173 Å². The fourth-order valence-corrected chi connectivity index (χ4v) is 7.44. The molecular weight excluding hydrogens is 594 g/mol. The minimum absolute atomic E-state index is 0.198. The van der Waals surface area contributed by atoms with Crippen LogP contribution in [-0.2, 0) is 22.7 Å². The summed E-state index contributed by atoms with van der Waals surface area (Å²) in [5, 5.41) is 36.5. The van der Waals surface area contributed by atoms with Gasteiger partial charge in [-0.2, -0.15) is 14.3 Å². The molecule has 4 heterocycles. The molecule has 0 aromatic carbocycles. The third-order valence-electron chi connectivity index (χ3n) is 8.71. The summed E-state index contributed by atoms with van der Waals surface area (Å²) in [6, 6.07) is 5.70. The van der Waals surface area contributed by atoms with E-state index in [0.29, 0.717) is 47.3 Å². The molecule has 14 heteroatoms. The van der Waals surface area contributed by atoms with Crippen LogP contribution in [0, 0.1) is 5.92 Å². The molecule has 13 nitrogen and oxygen atoms in total. The maximum absolute atomic E-state index is 12.6. The first kappa shape index (κ1) is 31.1. The number of hydrogen-bond donors (Lipinski definition) is 4. The normalized spacial score (nSPS) is 19.4. The number of rotatable bonds is 10. The molecule has 2 saturated carbocycles. The van der Waals surface area contributed by atoms with E-state index >= 15 is 0 Å². The minimum atomic E-state index is -3.49. The molecule has 6 rings (SSSR count). The van der Waals surface area contributed by atoms with Crippen LogP contribution in [-0.4, -0.2) is 69.4 Å². The Labute approximate surface area is 263 Å². The molecule has 4 N–H and O–H groups in total. The molecule has 0 saturated heterocycles. The van der Waals surface area contributed by atoms with Gasteiger partial charge in [0.15, 0.2) is 5.82 Å². The van der Waals surface area contributed by atoms with Crippen LogP contribution in [0.15, 0.2) is 43.0 Å². The monoisotopic (exact) mass is 635 g/mol. The third kappa shape index (κ3) is 6.72. The van der Waals surface area contributed by atoms with Crippen LogP contribution in [0.1, 0.15) is 71.9 Å². The molecule has 45 heavy (non-hydrogen) atoms. The van der Waals surface area contributed by atoms with Crippen molar-refractivity contribution in [2.75, 3.05) is 10.6 Å². The molecule has 0 unspecified atom stereocenters. The lowest BCUT2D eigenvalue weighted by Crippen LogP contribution is -2.37. The van der Waals surface area contributed by atoms with Crippen LogP contribution in [0.4, 0.5) is 17.3 Å². The fourth-order valence-electron chi connectivity index (χ4n) is 5.96. The van der Waals surface area contributed by atoms with Gasteiger partial charge in [-0.05, 0) is 84.3 Å². The van der Waals surface area contributed by atoms with E-state index in [9.17, 15) is 18.6 Å². The average Bonchev–Trinajstić information content (AvgIpc) is 3.58. The van der Waals surface area contributed by atoms with Gasteiger partial charge < -0.3 is 20.8 Å². The molecule has 2 aliphatic carbocycles. The number of aliphatic hydroxyl groups is 2. The Morgan fingerprint density at radius 3 is 2.33 bits per heavy atom. The first-order valence-electron chi connectivity index (χ1n) is 15.3. The zero-order chi connectivity index (χ0) is 32.1. The van der Waals surface area contributed by atoms with Crippen molar-refractivity contribution < 1.29 is 18.6 Å². The van der Waals surface area contributed by atoms with Gasteiger partial charge in [-0.15, -0.1) is 0 Å². The number of pyridine rings is 1. The molecule has 240 valence electrons. The van der Waals surface area contributed by atoms with Crippen molar-refractivity contribution in [2.24, 2.45) is 13.0 Å². The van der Waals surface area contributed by atoms with Gasteiger partial charge in [0.1, 0.15) is 17.2 Å². The largest absolute Gasteiger partial charge is 0.390 e. The average molecular weight is 636 g/mol. The summed E-state index contributed by atoms with van der Waals surface area (Å²) in [6.07, 6.45) is 11.2. The van der Waals surface area contributed by atoms with E-state index in [4.69, 9.17) is 5.10 Å². The second-order valence-corrected chi connectivity index (χ2v) is 15.4. The van der Waals surface area contributed by atoms with E-state index < -0.39 is 21.2 Å². The Bertz CT molecular complexity index is 1790. The van der Waals surface area contributed by atoms with Crippen LogP contribution in [0.3, 0.4) is 0 Å². The highest BCUT2D eigenvalue weighted by atomic mass is 32.2. The second kappa shape index (κ2) is 11.5. The van der Waals surface area contributed by atoms with Crippen molar-refractivity contribution in [3.8, 4) is 22.6 Å². The summed E-state index contributed by atoms with van der Waals surface area (Å²) in [6.45, 7) is 7.22. The van der Waals surface area contributed by atoms with Gasteiger partial charge in [0.2, 0.25) is 0 Å². The number of hydrogen-bond acceptors (Lipinski definition) is 11. The molecule has 0 atom stereocenters. The summed E-state index contributed by atoms with van der Waals surface area (Å²) < 4.78 is 27.9. The van der Waals surface area contributed by atoms with Crippen LogP contribution in [0.5, 0.6) is 0 Å². The Morgan fingerprint density at radius 2 is 1.69 bits per heavy atom. The lowest BCUT2D eigenvalue weighted by Gasteiger charge is -2.36. The van der Waals surface area contributed by atoms with Crippen LogP contribution >= 0.6 is 0 Å². The SMILES string of the molecule is Cn1nc(-c2cnc(Nc3ccnc(-c4cnn(S(=O)(=O)C5CC5)c4)n3)cc2NC2CCC(C(C)(C)O)CC2)cc1C(C)(C)O. The Kier molecular flexibility index (Phi) is 7.94. The summed E-state index contributed by atoms with van der Waals surface area (Å²) >= 11 is 0. The highest BCUT2D eigenvalue weighted by Crippen LogP contribution is 2.37. The van der Waals surface area contributed by atoms with Crippen molar-refractivity contribution in [3.05, 3.63) is 48.7 Å². The molecule has 0 amide bonds. The molecule has 0 aliphatic heterocycles. The highest BCUT2D eigenvalue weighted by molar-refractivity contribution is 7.90. The quantitative estimate of drug-likeness (QED) is 0.197. The maximum Gasteiger partial charge on any atom is 0.256 e. The smallest absolute Gasteiger partial charge is 0.256 e. The minimum Gasteiger partial charge on any atom is -0.390 e. The zero-order valence-corrected chi connectivity index (χ0v) is 27.1. The van der Waals surface area contributed by atoms with Crippen molar-refractivity contribution >= 4 is 27.3 Å². The van der Waals surface area contributed by atoms with Crippen molar-refractivity contribution in [3.63, 3.8) is 0 Å². The van der Waals surface area contributed by atoms with Crippen molar-refractivity contribution in [1.29, 1.82) is 0 Å². The van der Waals surface area contributed by atoms with E-state index in [-0.39, 0.29) is 17.2 Å². The van der Waals surface area contributed by atoms with Gasteiger partial charge in [-0.25, -0.2) is 23.4 Å². The molecule has 4 aromatic rings. The number of aryl methyl sites for hydroxylation is 1. The standard InChI is InChI=1S/C31H41N9O4S/c1-30(2,41)20-6-8-21(9-7-20)35-24-15-28(33-17-23(24)25-14-26(31(3,4)42)39(5)38-25)36-27-12-13-32-29(37-27)19-16-34-40(18-19)45(43,44)22-10-11-22/h12-18,20-22,41-42H,6-11H2,1-5H3,(H2,32,33,35,36,37). The van der Waals surface area contributed by atoms with E-state index in [1.54, 1.807) is 37.0 Å². The molecular formula is C31H41N9O4S. The molecule has 0 bridgehead atoms. The van der Waals surface area contributed by atoms with Crippen LogP contribution < -0.4 is 10.6 Å². The second-order valence-electron chi connectivity index (χ2n) is 13.3. The van der Waals surface area contributed by atoms with Gasteiger partial charge in [-0.1, -0.05) is 0 Å². The number of anilines is 3. The summed E-state index contributed by atoms with van der Waals surface area (Å²) in [5.41, 5.74) is 1.71.